The maximum absolute atomic E-state index is 12.4. The molecule has 4 heteroatoms. The predicted octanol–water partition coefficient (Wildman–Crippen LogP) is 6.79. The number of allylic oxidation sites excluding steroid dienone is 1. The van der Waals surface area contributed by atoms with Crippen molar-refractivity contribution < 1.29 is 19.1 Å². The Kier molecular flexibility index (Phi) is 10.6. The summed E-state index contributed by atoms with van der Waals surface area (Å²) >= 11 is 0. The Hall–Kier alpha value is -2.88. The van der Waals surface area contributed by atoms with Crippen molar-refractivity contribution in [3.63, 3.8) is 0 Å². The number of aryl methyl sites for hydroxylation is 1. The highest BCUT2D eigenvalue weighted by Crippen LogP contribution is 2.17. The number of hydrogen-bond acceptors (Lipinski definition) is 4. The predicted molar refractivity (Wildman–Crippen MR) is 125 cm³/mol. The van der Waals surface area contributed by atoms with Crippen molar-refractivity contribution in [2.75, 3.05) is 6.61 Å². The fourth-order valence-electron chi connectivity index (χ4n) is 3.02. The zero-order chi connectivity index (χ0) is 22.5. The molecule has 0 aliphatic heterocycles. The summed E-state index contributed by atoms with van der Waals surface area (Å²) < 4.78 is 10.7. The molecule has 2 aromatic rings. The van der Waals surface area contributed by atoms with Gasteiger partial charge in [0, 0.05) is 0 Å². The minimum atomic E-state index is -0.414. The molecule has 0 bridgehead atoms. The van der Waals surface area contributed by atoms with Crippen molar-refractivity contribution in [2.45, 2.75) is 58.8 Å². The van der Waals surface area contributed by atoms with E-state index in [1.807, 2.05) is 25.1 Å². The highest BCUT2D eigenvalue weighted by Gasteiger charge is 2.12. The molecule has 0 fully saturated rings. The van der Waals surface area contributed by atoms with Gasteiger partial charge >= 0.3 is 11.9 Å². The van der Waals surface area contributed by atoms with Crippen LogP contribution in [0.4, 0.5) is 0 Å². The van der Waals surface area contributed by atoms with Gasteiger partial charge in [0.2, 0.25) is 0 Å². The third-order valence-electron chi connectivity index (χ3n) is 5.31. The average Bonchev–Trinajstić information content (AvgIpc) is 2.80. The van der Waals surface area contributed by atoms with Crippen molar-refractivity contribution in [1.29, 1.82) is 0 Å². The van der Waals surface area contributed by atoms with Crippen LogP contribution in [0.3, 0.4) is 0 Å². The van der Waals surface area contributed by atoms with Gasteiger partial charge in [-0.15, -0.1) is 6.58 Å². The lowest BCUT2D eigenvalue weighted by Gasteiger charge is -2.10. The van der Waals surface area contributed by atoms with Gasteiger partial charge in [0.25, 0.3) is 0 Å². The summed E-state index contributed by atoms with van der Waals surface area (Å²) in [4.78, 5) is 24.5. The number of carbonyl (C=O) groups is 2. The van der Waals surface area contributed by atoms with Gasteiger partial charge in [0.15, 0.2) is 0 Å². The van der Waals surface area contributed by atoms with Crippen LogP contribution in [0.25, 0.3) is 0 Å². The number of rotatable bonds is 13. The van der Waals surface area contributed by atoms with Crippen LogP contribution in [-0.4, -0.2) is 18.5 Å². The Balaban J connectivity index is 1.80. The summed E-state index contributed by atoms with van der Waals surface area (Å²) in [6.07, 6.45) is 9.80. The van der Waals surface area contributed by atoms with E-state index in [-0.39, 0.29) is 5.97 Å². The molecule has 0 aromatic heterocycles. The molecule has 4 nitrogen and oxygen atoms in total. The van der Waals surface area contributed by atoms with E-state index in [1.165, 1.54) is 24.8 Å². The first-order valence-electron chi connectivity index (χ1n) is 11.2. The first kappa shape index (κ1) is 24.4. The zero-order valence-corrected chi connectivity index (χ0v) is 18.8. The Morgan fingerprint density at radius 3 is 2.16 bits per heavy atom. The van der Waals surface area contributed by atoms with E-state index in [1.54, 1.807) is 36.4 Å². The Labute approximate surface area is 186 Å². The lowest BCUT2D eigenvalue weighted by molar-refractivity contribution is 0.0447. The number of hydrogen-bond donors (Lipinski definition) is 0. The fraction of sp³-hybridized carbons (Fsp3) is 0.407. The van der Waals surface area contributed by atoms with E-state index in [9.17, 15) is 9.59 Å². The lowest BCUT2D eigenvalue weighted by atomic mass is 10.0. The number of carbonyl (C=O) groups excluding carboxylic acids is 2. The van der Waals surface area contributed by atoms with Crippen molar-refractivity contribution in [1.82, 2.24) is 0 Å². The highest BCUT2D eigenvalue weighted by atomic mass is 16.5. The Morgan fingerprint density at radius 1 is 0.903 bits per heavy atom. The van der Waals surface area contributed by atoms with E-state index >= 15 is 0 Å². The van der Waals surface area contributed by atoms with Gasteiger partial charge in [-0.1, -0.05) is 51.3 Å². The van der Waals surface area contributed by atoms with Crippen LogP contribution in [0.15, 0.2) is 61.2 Å². The van der Waals surface area contributed by atoms with E-state index < -0.39 is 5.97 Å². The molecular weight excluding hydrogens is 388 g/mol. The lowest BCUT2D eigenvalue weighted by Crippen LogP contribution is -2.12. The molecule has 0 aliphatic rings. The van der Waals surface area contributed by atoms with Crippen molar-refractivity contribution in [2.24, 2.45) is 5.92 Å². The molecule has 0 radical (unpaired) electrons. The van der Waals surface area contributed by atoms with Crippen molar-refractivity contribution in [3.8, 4) is 5.75 Å². The number of esters is 2. The number of ether oxygens (including phenoxy) is 2. The van der Waals surface area contributed by atoms with Crippen LogP contribution in [-0.2, 0) is 11.2 Å². The molecule has 1 unspecified atom stereocenters. The molecule has 0 amide bonds. The molecule has 2 aromatic carbocycles. The smallest absolute Gasteiger partial charge is 0.343 e. The van der Waals surface area contributed by atoms with Gasteiger partial charge in [-0.25, -0.2) is 9.59 Å². The normalized spacial score (nSPS) is 11.5. The average molecular weight is 423 g/mol. The zero-order valence-electron chi connectivity index (χ0n) is 18.8. The molecule has 0 N–H and O–H groups in total. The Bertz CT molecular complexity index is 821. The second-order valence-electron chi connectivity index (χ2n) is 7.96. The number of unbranched alkanes of at least 4 members (excludes halogenated alkanes) is 4. The molecule has 1 atom stereocenters. The summed E-state index contributed by atoms with van der Waals surface area (Å²) in [5.41, 5.74) is 2.17. The van der Waals surface area contributed by atoms with Gasteiger partial charge in [-0.3, -0.25) is 0 Å². The monoisotopic (exact) mass is 422 g/mol. The standard InChI is InChI=1S/C27H34O4/c1-4-6-7-8-9-10-11-22-12-14-24(15-13-22)27(29)31-25-18-16-23(17-19-25)26(28)30-20-21(3)5-2/h4,12-19,21H,1,5-11,20H2,2-3H3. The first-order chi connectivity index (χ1) is 15.0. The van der Waals surface area contributed by atoms with Crippen molar-refractivity contribution >= 4 is 11.9 Å². The summed E-state index contributed by atoms with van der Waals surface area (Å²) in [6, 6.07) is 14.0. The van der Waals surface area contributed by atoms with E-state index in [0.717, 1.165) is 25.7 Å². The molecular formula is C27H34O4. The van der Waals surface area contributed by atoms with E-state index in [2.05, 4.69) is 13.5 Å². The van der Waals surface area contributed by atoms with Crippen LogP contribution in [0, 0.1) is 5.92 Å². The molecule has 31 heavy (non-hydrogen) atoms. The first-order valence-corrected chi connectivity index (χ1v) is 11.2. The minimum Gasteiger partial charge on any atom is -0.462 e. The summed E-state index contributed by atoms with van der Waals surface area (Å²) in [5.74, 6) is -0.0532. The minimum absolute atomic E-state index is 0.331. The SMILES string of the molecule is C=CCCCCCCc1ccc(C(=O)Oc2ccc(C(=O)OCC(C)CC)cc2)cc1. The molecule has 0 spiro atoms. The third kappa shape index (κ3) is 8.79. The maximum Gasteiger partial charge on any atom is 0.343 e. The van der Waals surface area contributed by atoms with Crippen LogP contribution in [0.2, 0.25) is 0 Å². The molecule has 0 aliphatic carbocycles. The molecule has 0 heterocycles. The number of benzene rings is 2. The van der Waals surface area contributed by atoms with Gasteiger partial charge in [0.05, 0.1) is 17.7 Å². The molecule has 166 valence electrons. The van der Waals surface area contributed by atoms with Crippen LogP contribution in [0.5, 0.6) is 5.75 Å². The third-order valence-corrected chi connectivity index (χ3v) is 5.31. The Morgan fingerprint density at radius 2 is 1.52 bits per heavy atom. The van der Waals surface area contributed by atoms with Crippen molar-refractivity contribution in [3.05, 3.63) is 77.9 Å². The molecule has 2 rings (SSSR count). The topological polar surface area (TPSA) is 52.6 Å². The maximum atomic E-state index is 12.4. The van der Waals surface area contributed by atoms with Crippen LogP contribution < -0.4 is 4.74 Å². The molecule has 0 saturated carbocycles. The summed E-state index contributed by atoms with van der Waals surface area (Å²) in [6.45, 7) is 8.24. The van der Waals surface area contributed by atoms with E-state index in [0.29, 0.717) is 29.4 Å². The summed E-state index contributed by atoms with van der Waals surface area (Å²) in [7, 11) is 0. The second-order valence-corrected chi connectivity index (χ2v) is 7.96. The molecule has 0 saturated heterocycles. The largest absolute Gasteiger partial charge is 0.462 e. The van der Waals surface area contributed by atoms with Gasteiger partial charge in [-0.05, 0) is 73.6 Å². The fourth-order valence-corrected chi connectivity index (χ4v) is 3.02. The van der Waals surface area contributed by atoms with Gasteiger partial charge < -0.3 is 9.47 Å². The summed E-state index contributed by atoms with van der Waals surface area (Å²) in [5, 5.41) is 0. The van der Waals surface area contributed by atoms with Gasteiger partial charge in [-0.2, -0.15) is 0 Å². The quantitative estimate of drug-likeness (QED) is 0.154. The van der Waals surface area contributed by atoms with Crippen LogP contribution in [0.1, 0.15) is 78.7 Å². The van der Waals surface area contributed by atoms with E-state index in [4.69, 9.17) is 9.47 Å². The second kappa shape index (κ2) is 13.4. The van der Waals surface area contributed by atoms with Gasteiger partial charge in [0.1, 0.15) is 5.75 Å². The van der Waals surface area contributed by atoms with Crippen LogP contribution >= 0.6 is 0 Å². The highest BCUT2D eigenvalue weighted by molar-refractivity contribution is 5.92.